The lowest BCUT2D eigenvalue weighted by Crippen LogP contribution is -2.52. The molecule has 5 rings (SSSR count). The summed E-state index contributed by atoms with van der Waals surface area (Å²) in [6.45, 7) is 3.62. The molecule has 3 aliphatic rings. The molecular formula is C33H45N3O12S. The van der Waals surface area contributed by atoms with Crippen LogP contribution in [0.2, 0.25) is 0 Å². The van der Waals surface area contributed by atoms with Gasteiger partial charge in [-0.15, -0.1) is 0 Å². The fourth-order valence-electron chi connectivity index (χ4n) is 5.98. The quantitative estimate of drug-likeness (QED) is 0.199. The van der Waals surface area contributed by atoms with Crippen molar-refractivity contribution < 1.29 is 56.6 Å². The average molecular weight is 708 g/mol. The van der Waals surface area contributed by atoms with Crippen molar-refractivity contribution in [2.45, 2.75) is 62.5 Å². The molecular weight excluding hydrogens is 662 g/mol. The van der Waals surface area contributed by atoms with Crippen LogP contribution in [0.3, 0.4) is 0 Å². The van der Waals surface area contributed by atoms with E-state index in [-0.39, 0.29) is 75.7 Å². The highest BCUT2D eigenvalue weighted by atomic mass is 32.2. The number of nitrogens with one attached hydrogen (secondary N) is 2. The number of carbonyl (C=O) groups excluding carboxylic acids is 2. The minimum absolute atomic E-state index is 0.0213. The second-order valence-corrected chi connectivity index (χ2v) is 14.9. The van der Waals surface area contributed by atoms with Crippen LogP contribution in [0.1, 0.15) is 32.3 Å². The summed E-state index contributed by atoms with van der Waals surface area (Å²) in [4.78, 5) is 25.1. The van der Waals surface area contributed by atoms with Gasteiger partial charge in [-0.2, -0.15) is 4.31 Å². The van der Waals surface area contributed by atoms with Gasteiger partial charge in [-0.1, -0.05) is 44.2 Å². The van der Waals surface area contributed by atoms with E-state index in [4.69, 9.17) is 33.5 Å². The standard InChI is InChI=1S/C33H45N3O12S/c1-33(2,11-15-44-31(39)34-12-13-37)20-36(49(41,42)23-8-9-27-28(17-23)47-21-46-27)18-26(38)25(16-22-6-4-3-5-7-22)35-32(40)48-29-19-45-30-24(29)10-14-43-30/h3-9,17,24-26,29-30,37-38H,10-16,18-21H2,1-2H3,(H,34,39)(H,35,40)/t24-,25-,26+,29-,30+/m0/s1. The number of ether oxygens (including phenoxy) is 6. The second kappa shape index (κ2) is 16.4. The highest BCUT2D eigenvalue weighted by Gasteiger charge is 2.44. The van der Waals surface area contributed by atoms with Gasteiger partial charge < -0.3 is 49.3 Å². The molecule has 2 fully saturated rings. The van der Waals surface area contributed by atoms with Crippen molar-refractivity contribution in [3.8, 4) is 11.5 Å². The maximum absolute atomic E-state index is 14.2. The topological polar surface area (TPSA) is 191 Å². The zero-order chi connectivity index (χ0) is 35.0. The molecule has 0 saturated carbocycles. The molecule has 0 radical (unpaired) electrons. The van der Waals surface area contributed by atoms with Crippen molar-refractivity contribution in [2.75, 3.05) is 52.9 Å². The molecule has 5 atom stereocenters. The van der Waals surface area contributed by atoms with Gasteiger partial charge in [-0.05, 0) is 42.4 Å². The van der Waals surface area contributed by atoms with Crippen molar-refractivity contribution in [1.82, 2.24) is 14.9 Å². The van der Waals surface area contributed by atoms with E-state index in [9.17, 15) is 23.1 Å². The maximum atomic E-state index is 14.2. The number of amides is 2. The van der Waals surface area contributed by atoms with E-state index in [1.807, 2.05) is 44.2 Å². The van der Waals surface area contributed by atoms with E-state index in [0.29, 0.717) is 18.8 Å². The van der Waals surface area contributed by atoms with E-state index in [1.165, 1.54) is 18.2 Å². The number of hydrogen-bond acceptors (Lipinski definition) is 12. The third-order valence-electron chi connectivity index (χ3n) is 8.68. The first kappa shape index (κ1) is 36.6. The van der Waals surface area contributed by atoms with Crippen LogP contribution < -0.4 is 20.1 Å². The molecule has 0 spiro atoms. The number of nitrogens with zero attached hydrogens (tertiary/aromatic N) is 1. The zero-order valence-electron chi connectivity index (χ0n) is 27.6. The lowest BCUT2D eigenvalue weighted by molar-refractivity contribution is -0.0907. The molecule has 0 aliphatic carbocycles. The zero-order valence-corrected chi connectivity index (χ0v) is 28.4. The number of hydrogen-bond donors (Lipinski definition) is 4. The number of alkyl carbamates (subject to hydrolysis) is 2. The molecule has 49 heavy (non-hydrogen) atoms. The lowest BCUT2D eigenvalue weighted by atomic mass is 9.89. The molecule has 2 amide bonds. The first-order chi connectivity index (χ1) is 23.4. The van der Waals surface area contributed by atoms with E-state index in [0.717, 1.165) is 9.87 Å². The molecule has 0 unspecified atom stereocenters. The summed E-state index contributed by atoms with van der Waals surface area (Å²) >= 11 is 0. The Labute approximate surface area is 285 Å². The second-order valence-electron chi connectivity index (χ2n) is 13.0. The largest absolute Gasteiger partial charge is 0.454 e. The number of aliphatic hydroxyl groups excluding tert-OH is 2. The van der Waals surface area contributed by atoms with E-state index >= 15 is 0 Å². The van der Waals surface area contributed by atoms with Crippen LogP contribution in [0.25, 0.3) is 0 Å². The predicted octanol–water partition coefficient (Wildman–Crippen LogP) is 2.00. The fraction of sp³-hybridized carbons (Fsp3) is 0.576. The smallest absolute Gasteiger partial charge is 0.407 e. The number of sulfonamides is 1. The number of rotatable bonds is 16. The average Bonchev–Trinajstić information content (AvgIpc) is 3.82. The third-order valence-corrected chi connectivity index (χ3v) is 10.5. The number of fused-ring (bicyclic) bond motifs is 2. The summed E-state index contributed by atoms with van der Waals surface area (Å²) in [5.41, 5.74) is 0.0618. The Morgan fingerprint density at radius 1 is 1.08 bits per heavy atom. The van der Waals surface area contributed by atoms with Crippen molar-refractivity contribution in [3.63, 3.8) is 0 Å². The van der Waals surface area contributed by atoms with Crippen LogP contribution in [0.5, 0.6) is 11.5 Å². The number of aliphatic hydroxyl groups is 2. The first-order valence-electron chi connectivity index (χ1n) is 16.3. The summed E-state index contributed by atoms with van der Waals surface area (Å²) in [6, 6.07) is 12.6. The van der Waals surface area contributed by atoms with Gasteiger partial charge in [0.2, 0.25) is 16.8 Å². The first-order valence-corrected chi connectivity index (χ1v) is 17.7. The molecule has 270 valence electrons. The number of benzene rings is 2. The van der Waals surface area contributed by atoms with Crippen molar-refractivity contribution in [2.24, 2.45) is 11.3 Å². The Hall–Kier alpha value is -3.67. The Kier molecular flexibility index (Phi) is 12.2. The van der Waals surface area contributed by atoms with E-state index in [1.54, 1.807) is 0 Å². The molecule has 4 N–H and O–H groups in total. The Bertz CT molecular complexity index is 1530. The SMILES string of the molecule is CC(C)(CCOC(=O)NCCO)CN(C[C@@H](O)[C@H](Cc1ccccc1)NC(=O)O[C@H]1CO[C@H]2OCC[C@H]21)S(=O)(=O)c1ccc2c(c1)OCO2. The maximum Gasteiger partial charge on any atom is 0.407 e. The van der Waals surface area contributed by atoms with Gasteiger partial charge in [0.15, 0.2) is 17.8 Å². The van der Waals surface area contributed by atoms with Crippen LogP contribution in [-0.2, 0) is 35.4 Å². The minimum atomic E-state index is -4.25. The lowest BCUT2D eigenvalue weighted by Gasteiger charge is -2.35. The van der Waals surface area contributed by atoms with Gasteiger partial charge in [0.25, 0.3) is 0 Å². The van der Waals surface area contributed by atoms with Gasteiger partial charge in [-0.25, -0.2) is 18.0 Å². The van der Waals surface area contributed by atoms with Crippen molar-refractivity contribution >= 4 is 22.2 Å². The molecule has 0 aromatic heterocycles. The molecule has 16 heteroatoms. The summed E-state index contributed by atoms with van der Waals surface area (Å²) in [5, 5.41) is 25.8. The molecule has 3 heterocycles. The summed E-state index contributed by atoms with van der Waals surface area (Å²) in [6.07, 6.45) is -2.62. The van der Waals surface area contributed by atoms with Crippen LogP contribution in [0.15, 0.2) is 53.4 Å². The Balaban J connectivity index is 1.35. The van der Waals surface area contributed by atoms with Gasteiger partial charge in [0.1, 0.15) is 6.10 Å². The van der Waals surface area contributed by atoms with Gasteiger partial charge in [0.05, 0.1) is 49.4 Å². The Morgan fingerprint density at radius 2 is 1.86 bits per heavy atom. The van der Waals surface area contributed by atoms with Crippen molar-refractivity contribution in [3.05, 3.63) is 54.1 Å². The molecule has 2 saturated heterocycles. The van der Waals surface area contributed by atoms with E-state index in [2.05, 4.69) is 10.6 Å². The van der Waals surface area contributed by atoms with Crippen LogP contribution in [0, 0.1) is 11.3 Å². The third kappa shape index (κ3) is 9.73. The molecule has 3 aliphatic heterocycles. The van der Waals surface area contributed by atoms with Gasteiger partial charge in [-0.3, -0.25) is 0 Å². The number of carbonyl (C=O) groups is 2. The molecule has 2 aromatic carbocycles. The summed E-state index contributed by atoms with van der Waals surface area (Å²) in [5.74, 6) is 0.606. The monoisotopic (exact) mass is 707 g/mol. The van der Waals surface area contributed by atoms with Gasteiger partial charge in [0, 0.05) is 25.7 Å². The van der Waals surface area contributed by atoms with Crippen molar-refractivity contribution in [1.29, 1.82) is 0 Å². The van der Waals surface area contributed by atoms with Gasteiger partial charge >= 0.3 is 12.2 Å². The predicted molar refractivity (Wildman–Crippen MR) is 173 cm³/mol. The van der Waals surface area contributed by atoms with Crippen LogP contribution in [-0.4, -0.2) is 113 Å². The fourth-order valence-corrected chi connectivity index (χ4v) is 7.64. The van der Waals surface area contributed by atoms with Crippen LogP contribution in [0.4, 0.5) is 9.59 Å². The molecule has 0 bridgehead atoms. The Morgan fingerprint density at radius 3 is 2.63 bits per heavy atom. The highest BCUT2D eigenvalue weighted by Crippen LogP contribution is 2.36. The van der Waals surface area contributed by atoms with Crippen LogP contribution >= 0.6 is 0 Å². The summed E-state index contributed by atoms with van der Waals surface area (Å²) in [7, 11) is -4.25. The minimum Gasteiger partial charge on any atom is -0.454 e. The highest BCUT2D eigenvalue weighted by molar-refractivity contribution is 7.89. The molecule has 15 nitrogen and oxygen atoms in total. The molecule has 2 aromatic rings. The normalized spacial score (nSPS) is 21.2. The van der Waals surface area contributed by atoms with E-state index < -0.39 is 52.2 Å². The summed E-state index contributed by atoms with van der Waals surface area (Å²) < 4.78 is 62.5.